The summed E-state index contributed by atoms with van der Waals surface area (Å²) in [5.74, 6) is -0.145. The molecule has 2 rings (SSSR count). The number of fused-ring (bicyclic) bond motifs is 1. The lowest BCUT2D eigenvalue weighted by molar-refractivity contribution is -0.142. The van der Waals surface area contributed by atoms with Gasteiger partial charge in [0.1, 0.15) is 6.04 Å². The maximum Gasteiger partial charge on any atom is 0.328 e. The number of ether oxygens (including phenoxy) is 1. The van der Waals surface area contributed by atoms with Crippen LogP contribution in [-0.4, -0.2) is 24.7 Å². The van der Waals surface area contributed by atoms with Crippen LogP contribution in [0.15, 0.2) is 18.2 Å². The van der Waals surface area contributed by atoms with Crippen molar-refractivity contribution >= 4 is 17.2 Å². The predicted molar refractivity (Wildman–Crippen MR) is 101 cm³/mol. The van der Waals surface area contributed by atoms with Crippen molar-refractivity contribution in [2.75, 3.05) is 12.0 Å². The van der Waals surface area contributed by atoms with Crippen LogP contribution in [0.3, 0.4) is 0 Å². The minimum atomic E-state index is -0.254. The summed E-state index contributed by atoms with van der Waals surface area (Å²) in [5, 5.41) is 0. The second-order valence-corrected chi connectivity index (χ2v) is 7.49. The second kappa shape index (κ2) is 7.00. The number of rotatable bonds is 5. The van der Waals surface area contributed by atoms with Gasteiger partial charge in [0, 0.05) is 11.3 Å². The van der Waals surface area contributed by atoms with E-state index in [0.29, 0.717) is 0 Å². The number of methoxy groups -OCH3 is 1. The van der Waals surface area contributed by atoms with Gasteiger partial charge in [-0.3, -0.25) is 0 Å². The smallest absolute Gasteiger partial charge is 0.328 e. The Balaban J connectivity index is 2.62. The zero-order chi connectivity index (χ0) is 18.1. The summed E-state index contributed by atoms with van der Waals surface area (Å²) >= 11 is 0. The highest BCUT2D eigenvalue weighted by molar-refractivity contribution is 5.88. The van der Waals surface area contributed by atoms with E-state index in [1.165, 1.54) is 29.4 Å². The molecule has 0 spiro atoms. The minimum Gasteiger partial charge on any atom is -0.467 e. The molecule has 0 amide bonds. The summed E-state index contributed by atoms with van der Waals surface area (Å²) in [6, 6.07) is 4.22. The van der Waals surface area contributed by atoms with Gasteiger partial charge in [-0.25, -0.2) is 4.79 Å². The summed E-state index contributed by atoms with van der Waals surface area (Å²) in [6.45, 7) is 12.9. The predicted octanol–water partition coefficient (Wildman–Crippen LogP) is 5.04. The average Bonchev–Trinajstić information content (AvgIpc) is 2.51. The maximum absolute atomic E-state index is 12.6. The molecule has 0 saturated heterocycles. The van der Waals surface area contributed by atoms with Crippen LogP contribution in [0, 0.1) is 13.8 Å². The first-order valence-electron chi connectivity index (χ1n) is 8.91. The molecule has 1 aromatic rings. The summed E-state index contributed by atoms with van der Waals surface area (Å²) in [5.41, 5.74) is 5.95. The van der Waals surface area contributed by atoms with Crippen LogP contribution in [-0.2, 0) is 9.53 Å². The van der Waals surface area contributed by atoms with E-state index in [4.69, 9.17) is 4.74 Å². The first-order chi connectivity index (χ1) is 11.2. The van der Waals surface area contributed by atoms with Gasteiger partial charge in [0.05, 0.1) is 12.6 Å². The fraction of sp³-hybridized carbons (Fsp3) is 0.571. The molecule has 0 bridgehead atoms. The van der Waals surface area contributed by atoms with Crippen molar-refractivity contribution in [1.82, 2.24) is 0 Å². The Kier molecular flexibility index (Phi) is 5.42. The molecule has 0 unspecified atom stereocenters. The first-order valence-corrected chi connectivity index (χ1v) is 8.91. The highest BCUT2D eigenvalue weighted by atomic mass is 16.5. The van der Waals surface area contributed by atoms with Gasteiger partial charge >= 0.3 is 5.97 Å². The van der Waals surface area contributed by atoms with Crippen molar-refractivity contribution in [3.8, 4) is 0 Å². The van der Waals surface area contributed by atoms with Gasteiger partial charge in [-0.2, -0.15) is 0 Å². The largest absolute Gasteiger partial charge is 0.467 e. The summed E-state index contributed by atoms with van der Waals surface area (Å²) in [4.78, 5) is 14.8. The second-order valence-electron chi connectivity index (χ2n) is 7.49. The zero-order valence-electron chi connectivity index (χ0n) is 16.2. The highest BCUT2D eigenvalue weighted by Crippen LogP contribution is 2.42. The number of aryl methyl sites for hydroxylation is 2. The maximum atomic E-state index is 12.6. The van der Waals surface area contributed by atoms with E-state index in [0.717, 1.165) is 24.9 Å². The molecule has 1 aromatic carbocycles. The van der Waals surface area contributed by atoms with Crippen molar-refractivity contribution in [3.63, 3.8) is 0 Å². The normalized spacial score (nSPS) is 17.1. The van der Waals surface area contributed by atoms with Gasteiger partial charge in [-0.05, 0) is 69.9 Å². The SMILES string of the molecule is CCCC[C@H](C(=O)OC)N1c2cc(C)c(C)cc2C(C)=CC1(C)C. The van der Waals surface area contributed by atoms with E-state index >= 15 is 0 Å². The number of carbonyl (C=O) groups excluding carboxylic acids is 1. The number of esters is 1. The van der Waals surface area contributed by atoms with E-state index in [1.54, 1.807) is 0 Å². The van der Waals surface area contributed by atoms with E-state index in [1.807, 2.05) is 0 Å². The van der Waals surface area contributed by atoms with Crippen molar-refractivity contribution in [3.05, 3.63) is 34.9 Å². The van der Waals surface area contributed by atoms with Crippen LogP contribution in [0.2, 0.25) is 0 Å². The van der Waals surface area contributed by atoms with E-state index in [9.17, 15) is 4.79 Å². The molecule has 0 radical (unpaired) electrons. The third-order valence-electron chi connectivity index (χ3n) is 5.10. The minimum absolute atomic E-state index is 0.145. The number of carbonyl (C=O) groups is 1. The molecule has 3 nitrogen and oxygen atoms in total. The Morgan fingerprint density at radius 1 is 1.21 bits per heavy atom. The molecule has 1 atom stereocenters. The van der Waals surface area contributed by atoms with Gasteiger partial charge in [-0.1, -0.05) is 25.8 Å². The summed E-state index contributed by atoms with van der Waals surface area (Å²) < 4.78 is 5.15. The topological polar surface area (TPSA) is 29.5 Å². The van der Waals surface area contributed by atoms with Crippen LogP contribution < -0.4 is 4.90 Å². The van der Waals surface area contributed by atoms with Crippen LogP contribution in [0.5, 0.6) is 0 Å². The molecule has 0 saturated carbocycles. The molecule has 0 aromatic heterocycles. The molecule has 1 aliphatic heterocycles. The van der Waals surface area contributed by atoms with Gasteiger partial charge in [0.2, 0.25) is 0 Å². The number of hydrogen-bond donors (Lipinski definition) is 0. The Morgan fingerprint density at radius 2 is 1.83 bits per heavy atom. The van der Waals surface area contributed by atoms with Crippen LogP contribution in [0.4, 0.5) is 5.69 Å². The molecule has 0 aliphatic carbocycles. The third kappa shape index (κ3) is 3.35. The molecule has 24 heavy (non-hydrogen) atoms. The summed E-state index contributed by atoms with van der Waals surface area (Å²) in [6.07, 6.45) is 5.16. The van der Waals surface area contributed by atoms with E-state index in [2.05, 4.69) is 64.7 Å². The Morgan fingerprint density at radius 3 is 2.42 bits per heavy atom. The van der Waals surface area contributed by atoms with E-state index < -0.39 is 0 Å². The Labute approximate surface area is 146 Å². The molecule has 3 heteroatoms. The molecular formula is C21H31NO2. The molecule has 1 aliphatic rings. The standard InChI is InChI=1S/C21H31NO2/c1-8-9-10-18(20(23)24-7)22-19-12-15(3)14(2)11-17(19)16(4)13-21(22,5)6/h11-13,18H,8-10H2,1-7H3/t18-/m1/s1. The van der Waals surface area contributed by atoms with Gasteiger partial charge in [0.15, 0.2) is 0 Å². The summed E-state index contributed by atoms with van der Waals surface area (Å²) in [7, 11) is 1.49. The lowest BCUT2D eigenvalue weighted by Crippen LogP contribution is -2.54. The Hall–Kier alpha value is -1.77. The zero-order valence-corrected chi connectivity index (χ0v) is 16.2. The van der Waals surface area contributed by atoms with Gasteiger partial charge < -0.3 is 9.64 Å². The number of anilines is 1. The number of hydrogen-bond acceptors (Lipinski definition) is 3. The number of allylic oxidation sites excluding steroid dienone is 1. The fourth-order valence-electron chi connectivity index (χ4n) is 3.76. The van der Waals surface area contributed by atoms with Crippen molar-refractivity contribution < 1.29 is 9.53 Å². The van der Waals surface area contributed by atoms with Crippen LogP contribution in [0.25, 0.3) is 5.57 Å². The first kappa shape index (κ1) is 18.6. The number of nitrogens with zero attached hydrogens (tertiary/aromatic N) is 1. The monoisotopic (exact) mass is 329 g/mol. The quantitative estimate of drug-likeness (QED) is 0.709. The lowest BCUT2D eigenvalue weighted by Gasteiger charge is -2.47. The lowest BCUT2D eigenvalue weighted by atomic mass is 9.85. The van der Waals surface area contributed by atoms with Crippen LogP contribution >= 0.6 is 0 Å². The van der Waals surface area contributed by atoms with Crippen molar-refractivity contribution in [1.29, 1.82) is 0 Å². The molecular weight excluding hydrogens is 298 g/mol. The fourth-order valence-corrected chi connectivity index (χ4v) is 3.76. The third-order valence-corrected chi connectivity index (χ3v) is 5.10. The molecule has 132 valence electrons. The number of unbranched alkanes of at least 4 members (excludes halogenated alkanes) is 1. The highest BCUT2D eigenvalue weighted by Gasteiger charge is 2.39. The van der Waals surface area contributed by atoms with Crippen molar-refractivity contribution in [2.24, 2.45) is 0 Å². The molecule has 1 heterocycles. The number of benzene rings is 1. The average molecular weight is 329 g/mol. The Bertz CT molecular complexity index is 658. The van der Waals surface area contributed by atoms with Crippen LogP contribution in [0.1, 0.15) is 63.6 Å². The van der Waals surface area contributed by atoms with Crippen molar-refractivity contribution in [2.45, 2.75) is 72.4 Å². The van der Waals surface area contributed by atoms with Gasteiger partial charge in [-0.15, -0.1) is 0 Å². The van der Waals surface area contributed by atoms with Gasteiger partial charge in [0.25, 0.3) is 0 Å². The molecule has 0 fully saturated rings. The van der Waals surface area contributed by atoms with E-state index in [-0.39, 0.29) is 17.6 Å². The molecule has 0 N–H and O–H groups in total.